The molecule has 0 aliphatic rings. The highest BCUT2D eigenvalue weighted by molar-refractivity contribution is 6.04. The molecular weight excluding hydrogens is 410 g/mol. The van der Waals surface area contributed by atoms with Crippen LogP contribution in [-0.4, -0.2) is 33.2 Å². The van der Waals surface area contributed by atoms with Gasteiger partial charge in [0, 0.05) is 12.7 Å². The highest BCUT2D eigenvalue weighted by atomic mass is 16.5. The van der Waals surface area contributed by atoms with E-state index in [9.17, 15) is 9.59 Å². The van der Waals surface area contributed by atoms with Crippen LogP contribution in [0.5, 0.6) is 5.88 Å². The number of hydrogen-bond acceptors (Lipinski definition) is 6. The molecule has 0 spiro atoms. The third kappa shape index (κ3) is 4.46. The quantitative estimate of drug-likeness (QED) is 0.463. The van der Waals surface area contributed by atoms with Crippen LogP contribution in [0.15, 0.2) is 53.1 Å². The molecule has 3 aromatic heterocycles. The number of ether oxygens (including phenoxy) is 1. The predicted octanol–water partition coefficient (Wildman–Crippen LogP) is 3.13. The van der Waals surface area contributed by atoms with Gasteiger partial charge in [0.2, 0.25) is 5.88 Å². The van der Waals surface area contributed by atoms with E-state index in [1.165, 1.54) is 0 Å². The van der Waals surface area contributed by atoms with E-state index >= 15 is 0 Å². The summed E-state index contributed by atoms with van der Waals surface area (Å²) >= 11 is 0. The molecule has 0 unspecified atom stereocenters. The lowest BCUT2D eigenvalue weighted by atomic mass is 10.1. The van der Waals surface area contributed by atoms with Gasteiger partial charge in [0.15, 0.2) is 12.3 Å². The maximum atomic E-state index is 12.6. The van der Waals surface area contributed by atoms with E-state index in [0.717, 1.165) is 16.6 Å². The lowest BCUT2D eigenvalue weighted by Gasteiger charge is -2.11. The lowest BCUT2D eigenvalue weighted by molar-refractivity contribution is -0.118. The molecule has 0 saturated carbocycles. The molecule has 164 valence electrons. The minimum atomic E-state index is -0.409. The van der Waals surface area contributed by atoms with Gasteiger partial charge in [-0.25, -0.2) is 9.67 Å². The second-order valence-electron chi connectivity index (χ2n) is 7.35. The number of furan rings is 1. The van der Waals surface area contributed by atoms with Crippen LogP contribution >= 0.6 is 0 Å². The summed E-state index contributed by atoms with van der Waals surface area (Å²) in [7, 11) is 1.78. The molecule has 0 radical (unpaired) electrons. The molecule has 32 heavy (non-hydrogen) atoms. The zero-order valence-corrected chi connectivity index (χ0v) is 18.0. The minimum Gasteiger partial charge on any atom is -0.467 e. The van der Waals surface area contributed by atoms with Crippen molar-refractivity contribution in [1.29, 1.82) is 0 Å². The number of aryl methyl sites for hydroxylation is 3. The summed E-state index contributed by atoms with van der Waals surface area (Å²) < 4.78 is 12.5. The number of fused-ring (bicyclic) bond motifs is 1. The van der Waals surface area contributed by atoms with E-state index in [-0.39, 0.29) is 19.1 Å². The first-order valence-corrected chi connectivity index (χ1v) is 10.1. The highest BCUT2D eigenvalue weighted by Crippen LogP contribution is 2.27. The average molecular weight is 433 g/mol. The fourth-order valence-corrected chi connectivity index (χ4v) is 3.44. The molecule has 4 rings (SSSR count). The van der Waals surface area contributed by atoms with E-state index < -0.39 is 5.91 Å². The Morgan fingerprint density at radius 1 is 1.16 bits per heavy atom. The Labute approximate surface area is 184 Å². The summed E-state index contributed by atoms with van der Waals surface area (Å²) in [4.78, 5) is 29.6. The van der Waals surface area contributed by atoms with Crippen molar-refractivity contribution >= 4 is 28.5 Å². The second kappa shape index (κ2) is 8.93. The topological polar surface area (TPSA) is 111 Å². The molecule has 0 atom stereocenters. The maximum Gasteiger partial charge on any atom is 0.262 e. The number of benzene rings is 1. The minimum absolute atomic E-state index is 0.247. The normalized spacial score (nSPS) is 10.8. The van der Waals surface area contributed by atoms with Crippen molar-refractivity contribution < 1.29 is 18.7 Å². The molecule has 0 aliphatic carbocycles. The molecule has 2 amide bonds. The first kappa shape index (κ1) is 21.1. The SMILES string of the molecule is Cc1cc(C)c2c(OCC(=O)Nc3ccccc3C(=O)NCc3ccco3)nn(C)c2n1. The Morgan fingerprint density at radius 2 is 1.97 bits per heavy atom. The number of carbonyl (C=O) groups excluding carboxylic acids is 2. The van der Waals surface area contributed by atoms with Crippen molar-refractivity contribution in [3.8, 4) is 5.88 Å². The van der Waals surface area contributed by atoms with Crippen molar-refractivity contribution in [2.24, 2.45) is 7.05 Å². The monoisotopic (exact) mass is 433 g/mol. The first-order valence-electron chi connectivity index (χ1n) is 10.1. The molecule has 9 nitrogen and oxygen atoms in total. The van der Waals surface area contributed by atoms with E-state index in [2.05, 4.69) is 20.7 Å². The number of hydrogen-bond donors (Lipinski definition) is 2. The van der Waals surface area contributed by atoms with Gasteiger partial charge in [-0.3, -0.25) is 9.59 Å². The van der Waals surface area contributed by atoms with Gasteiger partial charge >= 0.3 is 0 Å². The van der Waals surface area contributed by atoms with Crippen LogP contribution < -0.4 is 15.4 Å². The number of nitrogens with zero attached hydrogens (tertiary/aromatic N) is 3. The molecule has 0 saturated heterocycles. The fraction of sp³-hybridized carbons (Fsp3) is 0.217. The van der Waals surface area contributed by atoms with E-state index in [4.69, 9.17) is 9.15 Å². The number of amides is 2. The molecular formula is C23H23N5O4. The Bertz CT molecular complexity index is 1280. The highest BCUT2D eigenvalue weighted by Gasteiger charge is 2.17. The van der Waals surface area contributed by atoms with Crippen LogP contribution in [0.2, 0.25) is 0 Å². The number of anilines is 1. The van der Waals surface area contributed by atoms with Crippen molar-refractivity contribution in [2.75, 3.05) is 11.9 Å². The van der Waals surface area contributed by atoms with Crippen LogP contribution in [0.4, 0.5) is 5.69 Å². The molecule has 2 N–H and O–H groups in total. The van der Waals surface area contributed by atoms with E-state index in [1.807, 2.05) is 19.9 Å². The summed E-state index contributed by atoms with van der Waals surface area (Å²) in [6, 6.07) is 12.2. The number of rotatable bonds is 7. The molecule has 3 heterocycles. The standard InChI is InChI=1S/C23H23N5O4/c1-14-11-15(2)25-21-20(14)23(27-28(21)3)32-13-19(29)26-18-9-5-4-8-17(18)22(30)24-12-16-7-6-10-31-16/h4-11H,12-13H2,1-3H3,(H,24,30)(H,26,29). The number of para-hydroxylation sites is 1. The summed E-state index contributed by atoms with van der Waals surface area (Å²) in [5.41, 5.74) is 3.26. The molecule has 9 heteroatoms. The van der Waals surface area contributed by atoms with E-state index in [1.54, 1.807) is 54.4 Å². The van der Waals surface area contributed by atoms with Crippen molar-refractivity contribution in [3.05, 3.63) is 71.3 Å². The molecule has 0 fully saturated rings. The summed E-state index contributed by atoms with van der Waals surface area (Å²) in [6.45, 7) is 3.84. The van der Waals surface area contributed by atoms with Crippen molar-refractivity contribution in [1.82, 2.24) is 20.1 Å². The second-order valence-corrected chi connectivity index (χ2v) is 7.35. The zero-order valence-electron chi connectivity index (χ0n) is 18.0. The molecule has 0 aliphatic heterocycles. The first-order chi connectivity index (χ1) is 15.4. The Morgan fingerprint density at radius 3 is 2.75 bits per heavy atom. The van der Waals surface area contributed by atoms with Gasteiger partial charge < -0.3 is 19.8 Å². The van der Waals surface area contributed by atoms with Gasteiger partial charge in [-0.15, -0.1) is 5.10 Å². The number of carbonyl (C=O) groups is 2. The smallest absolute Gasteiger partial charge is 0.262 e. The number of pyridine rings is 1. The van der Waals surface area contributed by atoms with Gasteiger partial charge in [0.25, 0.3) is 11.8 Å². The molecule has 0 bridgehead atoms. The lowest BCUT2D eigenvalue weighted by Crippen LogP contribution is -2.26. The summed E-state index contributed by atoms with van der Waals surface area (Å²) in [5, 5.41) is 10.6. The Kier molecular flexibility index (Phi) is 5.89. The van der Waals surface area contributed by atoms with Crippen LogP contribution in [0, 0.1) is 13.8 Å². The van der Waals surface area contributed by atoms with Crippen molar-refractivity contribution in [3.63, 3.8) is 0 Å². The Balaban J connectivity index is 1.43. The van der Waals surface area contributed by atoms with Gasteiger partial charge in [0.1, 0.15) is 5.76 Å². The van der Waals surface area contributed by atoms with Crippen LogP contribution in [0.25, 0.3) is 11.0 Å². The average Bonchev–Trinajstić information content (AvgIpc) is 3.39. The van der Waals surface area contributed by atoms with Crippen LogP contribution in [0.3, 0.4) is 0 Å². The molecule has 4 aromatic rings. The summed E-state index contributed by atoms with van der Waals surface area (Å²) in [5.74, 6) is 0.238. The fourth-order valence-electron chi connectivity index (χ4n) is 3.44. The molecule has 1 aromatic carbocycles. The summed E-state index contributed by atoms with van der Waals surface area (Å²) in [6.07, 6.45) is 1.54. The van der Waals surface area contributed by atoms with Crippen molar-refractivity contribution in [2.45, 2.75) is 20.4 Å². The van der Waals surface area contributed by atoms with E-state index in [0.29, 0.717) is 28.5 Å². The maximum absolute atomic E-state index is 12.6. The number of aromatic nitrogens is 3. The van der Waals surface area contributed by atoms with Crippen LogP contribution in [0.1, 0.15) is 27.4 Å². The van der Waals surface area contributed by atoms with Crippen LogP contribution in [-0.2, 0) is 18.4 Å². The third-order valence-corrected chi connectivity index (χ3v) is 4.88. The van der Waals surface area contributed by atoms with Gasteiger partial charge in [-0.05, 0) is 49.7 Å². The third-order valence-electron chi connectivity index (χ3n) is 4.88. The van der Waals surface area contributed by atoms with Gasteiger partial charge in [-0.2, -0.15) is 0 Å². The zero-order chi connectivity index (χ0) is 22.7. The van der Waals surface area contributed by atoms with Gasteiger partial charge in [0.05, 0.1) is 29.4 Å². The largest absolute Gasteiger partial charge is 0.467 e. The van der Waals surface area contributed by atoms with Gasteiger partial charge in [-0.1, -0.05) is 12.1 Å². The Hall–Kier alpha value is -4.14. The number of nitrogens with one attached hydrogen (secondary N) is 2. The predicted molar refractivity (Wildman–Crippen MR) is 118 cm³/mol.